The van der Waals surface area contributed by atoms with Crippen molar-refractivity contribution in [3.63, 3.8) is 0 Å². The van der Waals surface area contributed by atoms with Crippen LogP contribution >= 0.6 is 27.5 Å². The summed E-state index contributed by atoms with van der Waals surface area (Å²) in [6.45, 7) is 5.07. The van der Waals surface area contributed by atoms with E-state index in [0.717, 1.165) is 22.6 Å². The van der Waals surface area contributed by atoms with E-state index in [0.29, 0.717) is 18.2 Å². The Bertz CT molecular complexity index is 964. The summed E-state index contributed by atoms with van der Waals surface area (Å²) < 4.78 is 29.8. The van der Waals surface area contributed by atoms with E-state index in [9.17, 15) is 4.39 Å². The van der Waals surface area contributed by atoms with Gasteiger partial charge in [0.1, 0.15) is 17.2 Å². The maximum atomic E-state index is 13.0. The van der Waals surface area contributed by atoms with Gasteiger partial charge in [0.25, 0.3) is 5.27 Å². The van der Waals surface area contributed by atoms with Crippen molar-refractivity contribution in [3.05, 3.63) is 88.9 Å². The van der Waals surface area contributed by atoms with Crippen LogP contribution in [0.3, 0.4) is 0 Å². The van der Waals surface area contributed by atoms with Gasteiger partial charge in [-0.1, -0.05) is 61.8 Å². The van der Waals surface area contributed by atoms with Crippen molar-refractivity contribution in [2.75, 3.05) is 6.61 Å². The van der Waals surface area contributed by atoms with Gasteiger partial charge < -0.3 is 14.2 Å². The quantitative estimate of drug-likeness (QED) is 0.286. The van der Waals surface area contributed by atoms with Gasteiger partial charge in [-0.2, -0.15) is 4.39 Å². The maximum Gasteiger partial charge on any atom is 0.294 e. The standard InChI is InChI=1S/C24H23BrClFO3/c1-24(2,18-11-12-22(21(26)14-18)30-23(25)27)16-28-15-17-7-6-10-20(13-17)29-19-8-4-3-5-9-19/h3-14,23H,15-16H2,1-2H3. The number of hydrogen-bond donors (Lipinski definition) is 0. The minimum atomic E-state index is -1.60. The largest absolute Gasteiger partial charge is 0.457 e. The smallest absolute Gasteiger partial charge is 0.294 e. The molecule has 30 heavy (non-hydrogen) atoms. The minimum absolute atomic E-state index is 0.288. The Kier molecular flexibility index (Phi) is 7.75. The zero-order valence-corrected chi connectivity index (χ0v) is 19.1. The third-order valence-corrected chi connectivity index (χ3v) is 5.02. The summed E-state index contributed by atoms with van der Waals surface area (Å²) in [5.74, 6) is 1.85. The molecule has 0 saturated heterocycles. The van der Waals surface area contributed by atoms with Gasteiger partial charge in [-0.15, -0.1) is 0 Å². The summed E-state index contributed by atoms with van der Waals surface area (Å²) in [4.78, 5) is 0. The van der Waals surface area contributed by atoms with Crippen LogP contribution in [-0.4, -0.2) is 11.9 Å². The lowest BCUT2D eigenvalue weighted by Gasteiger charge is -2.26. The van der Waals surface area contributed by atoms with E-state index in [1.54, 1.807) is 12.1 Å². The van der Waals surface area contributed by atoms with Crippen LogP contribution in [0.25, 0.3) is 0 Å². The van der Waals surface area contributed by atoms with Crippen LogP contribution in [0.1, 0.15) is 25.0 Å². The Labute approximate surface area is 189 Å². The minimum Gasteiger partial charge on any atom is -0.457 e. The van der Waals surface area contributed by atoms with Crippen LogP contribution in [0, 0.1) is 0 Å². The molecule has 1 atom stereocenters. The highest BCUT2D eigenvalue weighted by Crippen LogP contribution is 2.33. The number of benzene rings is 3. The second-order valence-electron chi connectivity index (χ2n) is 7.46. The predicted octanol–water partition coefficient (Wildman–Crippen LogP) is 7.65. The van der Waals surface area contributed by atoms with Crippen LogP contribution in [0.4, 0.5) is 4.39 Å². The molecule has 0 radical (unpaired) electrons. The molecule has 0 aliphatic rings. The fourth-order valence-corrected chi connectivity index (χ4v) is 3.37. The third kappa shape index (κ3) is 6.46. The van der Waals surface area contributed by atoms with Crippen molar-refractivity contribution in [2.24, 2.45) is 0 Å². The Balaban J connectivity index is 1.59. The molecule has 0 saturated carbocycles. The van der Waals surface area contributed by atoms with Crippen molar-refractivity contribution in [3.8, 4) is 17.2 Å². The fraction of sp³-hybridized carbons (Fsp3) is 0.250. The summed E-state index contributed by atoms with van der Waals surface area (Å²) in [5.41, 5.74) is 1.71. The summed E-state index contributed by atoms with van der Waals surface area (Å²) in [6, 6.07) is 22.8. The highest BCUT2D eigenvalue weighted by Gasteiger charge is 2.22. The number of para-hydroxylation sites is 1. The number of hydrogen-bond acceptors (Lipinski definition) is 3. The molecule has 1 unspecified atom stereocenters. The molecule has 0 N–H and O–H groups in total. The Morgan fingerprint density at radius 1 is 0.967 bits per heavy atom. The fourth-order valence-electron chi connectivity index (χ4n) is 2.94. The number of halogens is 3. The topological polar surface area (TPSA) is 27.7 Å². The Morgan fingerprint density at radius 2 is 1.70 bits per heavy atom. The van der Waals surface area contributed by atoms with E-state index in [-0.39, 0.29) is 11.2 Å². The van der Waals surface area contributed by atoms with Gasteiger partial charge in [-0.25, -0.2) is 0 Å². The van der Waals surface area contributed by atoms with Gasteiger partial charge in [0.05, 0.1) is 18.2 Å². The first-order chi connectivity index (χ1) is 14.3. The first kappa shape index (κ1) is 22.6. The molecule has 3 rings (SSSR count). The molecule has 158 valence electrons. The zero-order valence-electron chi connectivity index (χ0n) is 16.8. The molecule has 0 spiro atoms. The van der Waals surface area contributed by atoms with Gasteiger partial charge in [-0.05, 0) is 63.5 Å². The highest BCUT2D eigenvalue weighted by molar-refractivity contribution is 9.09. The Morgan fingerprint density at radius 3 is 2.40 bits per heavy atom. The molecule has 0 bridgehead atoms. The van der Waals surface area contributed by atoms with Gasteiger partial charge in [0.2, 0.25) is 0 Å². The molecule has 0 aliphatic heterocycles. The number of ether oxygens (including phenoxy) is 3. The van der Waals surface area contributed by atoms with Crippen LogP contribution in [0.2, 0.25) is 5.02 Å². The molecule has 0 fully saturated rings. The molecular formula is C24H23BrClFO3. The molecule has 0 aliphatic carbocycles. The van der Waals surface area contributed by atoms with Gasteiger partial charge in [0.15, 0.2) is 0 Å². The van der Waals surface area contributed by atoms with Crippen molar-refractivity contribution in [2.45, 2.75) is 31.1 Å². The van der Waals surface area contributed by atoms with E-state index in [1.807, 2.05) is 60.7 Å². The molecular weight excluding hydrogens is 471 g/mol. The first-order valence-electron chi connectivity index (χ1n) is 9.48. The normalized spacial score (nSPS) is 12.4. The summed E-state index contributed by atoms with van der Waals surface area (Å²) in [6.07, 6.45) is 0. The number of rotatable bonds is 9. The van der Waals surface area contributed by atoms with Crippen LogP contribution in [0.15, 0.2) is 72.8 Å². The van der Waals surface area contributed by atoms with E-state index >= 15 is 0 Å². The summed E-state index contributed by atoms with van der Waals surface area (Å²) in [7, 11) is 0. The average Bonchev–Trinajstić information content (AvgIpc) is 2.70. The van der Waals surface area contributed by atoms with Crippen LogP contribution in [-0.2, 0) is 16.8 Å². The van der Waals surface area contributed by atoms with Gasteiger partial charge in [0, 0.05) is 5.41 Å². The SMILES string of the molecule is CC(C)(COCc1cccc(Oc2ccccc2)c1)c1ccc(OC(F)Br)c(Cl)c1. The summed E-state index contributed by atoms with van der Waals surface area (Å²) >= 11 is 8.93. The Hall–Kier alpha value is -2.08. The van der Waals surface area contributed by atoms with Crippen molar-refractivity contribution >= 4 is 27.5 Å². The lowest BCUT2D eigenvalue weighted by molar-refractivity contribution is 0.0823. The monoisotopic (exact) mass is 492 g/mol. The second kappa shape index (κ2) is 10.3. The molecule has 3 aromatic carbocycles. The lowest BCUT2D eigenvalue weighted by atomic mass is 9.85. The average molecular weight is 494 g/mol. The van der Waals surface area contributed by atoms with E-state index < -0.39 is 5.27 Å². The van der Waals surface area contributed by atoms with Crippen LogP contribution < -0.4 is 9.47 Å². The molecule has 6 heteroatoms. The molecule has 0 heterocycles. The van der Waals surface area contributed by atoms with Crippen molar-refractivity contribution in [1.29, 1.82) is 0 Å². The van der Waals surface area contributed by atoms with E-state index in [1.165, 1.54) is 0 Å². The van der Waals surface area contributed by atoms with Gasteiger partial charge in [-0.3, -0.25) is 0 Å². The first-order valence-corrected chi connectivity index (χ1v) is 10.8. The summed E-state index contributed by atoms with van der Waals surface area (Å²) in [5, 5.41) is -1.24. The highest BCUT2D eigenvalue weighted by atomic mass is 79.9. The van der Waals surface area contributed by atoms with Crippen molar-refractivity contribution < 1.29 is 18.6 Å². The zero-order chi connectivity index (χ0) is 21.6. The molecule has 3 aromatic rings. The van der Waals surface area contributed by atoms with E-state index in [4.69, 9.17) is 25.8 Å². The second-order valence-corrected chi connectivity index (χ2v) is 8.59. The van der Waals surface area contributed by atoms with E-state index in [2.05, 4.69) is 29.8 Å². The van der Waals surface area contributed by atoms with Gasteiger partial charge >= 0.3 is 0 Å². The van der Waals surface area contributed by atoms with Crippen molar-refractivity contribution in [1.82, 2.24) is 0 Å². The molecule has 3 nitrogen and oxygen atoms in total. The number of alkyl halides is 2. The molecule has 0 amide bonds. The third-order valence-electron chi connectivity index (χ3n) is 4.54. The lowest BCUT2D eigenvalue weighted by Crippen LogP contribution is -2.24. The maximum absolute atomic E-state index is 13.0. The predicted molar refractivity (Wildman–Crippen MR) is 122 cm³/mol. The van der Waals surface area contributed by atoms with Crippen LogP contribution in [0.5, 0.6) is 17.2 Å². The molecule has 0 aromatic heterocycles.